The monoisotopic (exact) mass is 407 g/mol. The Kier molecular flexibility index (Phi) is 8.30. The fourth-order valence-electron chi connectivity index (χ4n) is 4.85. The molecule has 0 saturated carbocycles. The fraction of sp³-hybridized carbons (Fsp3) is 0.739. The minimum atomic E-state index is -1.54. The van der Waals surface area contributed by atoms with Crippen LogP contribution in [0.2, 0.25) is 22.7 Å². The van der Waals surface area contributed by atoms with E-state index in [0.717, 1.165) is 6.04 Å². The van der Waals surface area contributed by atoms with Gasteiger partial charge in [-0.05, 0) is 33.2 Å². The highest BCUT2D eigenvalue weighted by Gasteiger charge is 2.44. The van der Waals surface area contributed by atoms with Crippen molar-refractivity contribution in [3.63, 3.8) is 0 Å². The molecule has 2 atom stereocenters. The van der Waals surface area contributed by atoms with Gasteiger partial charge in [0.15, 0.2) is 0 Å². The Morgan fingerprint density at radius 3 is 2.07 bits per heavy atom. The molecule has 1 fully saturated rings. The number of imide groups is 1. The van der Waals surface area contributed by atoms with E-state index in [2.05, 4.69) is 54.2 Å². The molecule has 5 heteroatoms. The smallest absolute Gasteiger partial charge is 0.417 e. The number of ether oxygens (including phenoxy) is 1. The molecule has 1 rings (SSSR count). The van der Waals surface area contributed by atoms with E-state index >= 15 is 0 Å². The molecule has 1 saturated heterocycles. The summed E-state index contributed by atoms with van der Waals surface area (Å²) in [4.78, 5) is 26.6. The Bertz CT molecular complexity index is 580. The van der Waals surface area contributed by atoms with Gasteiger partial charge >= 0.3 is 6.09 Å². The third-order valence-electron chi connectivity index (χ3n) is 6.31. The van der Waals surface area contributed by atoms with Gasteiger partial charge in [-0.1, -0.05) is 76.4 Å². The largest absolute Gasteiger partial charge is 0.443 e. The highest BCUT2D eigenvalue weighted by molar-refractivity contribution is 6.83. The van der Waals surface area contributed by atoms with Gasteiger partial charge in [0.1, 0.15) is 5.60 Å². The van der Waals surface area contributed by atoms with Gasteiger partial charge in [-0.15, -0.1) is 6.58 Å². The summed E-state index contributed by atoms with van der Waals surface area (Å²) >= 11 is 0. The zero-order valence-electron chi connectivity index (χ0n) is 19.4. The first kappa shape index (κ1) is 24.7. The van der Waals surface area contributed by atoms with Crippen LogP contribution in [0.5, 0.6) is 0 Å². The van der Waals surface area contributed by atoms with Gasteiger partial charge in [0.25, 0.3) is 0 Å². The van der Waals surface area contributed by atoms with E-state index in [1.54, 1.807) is 26.8 Å². The molecule has 1 aliphatic heterocycles. The fourth-order valence-corrected chi connectivity index (χ4v) is 10.8. The van der Waals surface area contributed by atoms with Crippen LogP contribution in [0.1, 0.15) is 68.7 Å². The van der Waals surface area contributed by atoms with E-state index in [1.165, 1.54) is 4.90 Å². The standard InChI is InChI=1S/C23H41NO3Si/c1-11-20-15-19(21(25)24(20)22(26)27-23(8,9)10)13-12-14-28(16(2)3,17(4)5)18(6)7/h11-13,16-20H,1,14-15H2,2-10H3/b13-12+/t19-,20+/m1/s1. The summed E-state index contributed by atoms with van der Waals surface area (Å²) in [5.41, 5.74) is 1.40. The van der Waals surface area contributed by atoms with Gasteiger partial charge < -0.3 is 4.74 Å². The van der Waals surface area contributed by atoms with Gasteiger partial charge in [0.2, 0.25) is 5.91 Å². The molecule has 0 aromatic rings. The molecule has 28 heavy (non-hydrogen) atoms. The molecule has 1 aliphatic rings. The first-order valence-corrected chi connectivity index (χ1v) is 13.1. The summed E-state index contributed by atoms with van der Waals surface area (Å²) in [7, 11) is -1.54. The Labute approximate surface area is 173 Å². The van der Waals surface area contributed by atoms with Crippen molar-refractivity contribution in [3.8, 4) is 0 Å². The van der Waals surface area contributed by atoms with Crippen molar-refractivity contribution in [1.29, 1.82) is 0 Å². The van der Waals surface area contributed by atoms with Crippen LogP contribution in [0.3, 0.4) is 0 Å². The second kappa shape index (κ2) is 9.42. The van der Waals surface area contributed by atoms with Gasteiger partial charge in [-0.2, -0.15) is 0 Å². The van der Waals surface area contributed by atoms with E-state index in [9.17, 15) is 9.59 Å². The SMILES string of the molecule is C=C[C@H]1C[C@@H](/C=C/C[Si](C(C)C)(C(C)C)C(C)C)C(=O)N1C(=O)OC(C)(C)C. The zero-order valence-corrected chi connectivity index (χ0v) is 20.4. The Morgan fingerprint density at radius 2 is 1.68 bits per heavy atom. The van der Waals surface area contributed by atoms with Crippen LogP contribution in [0, 0.1) is 5.92 Å². The van der Waals surface area contributed by atoms with Gasteiger partial charge in [0, 0.05) is 0 Å². The van der Waals surface area contributed by atoms with Gasteiger partial charge in [0.05, 0.1) is 20.0 Å². The number of hydrogen-bond acceptors (Lipinski definition) is 3. The molecule has 4 nitrogen and oxygen atoms in total. The van der Waals surface area contributed by atoms with Crippen molar-refractivity contribution in [2.24, 2.45) is 5.92 Å². The Hall–Kier alpha value is -1.36. The van der Waals surface area contributed by atoms with Crippen LogP contribution >= 0.6 is 0 Å². The number of carbonyl (C=O) groups excluding carboxylic acids is 2. The molecular formula is C23H41NO3Si. The second-order valence-corrected chi connectivity index (χ2v) is 16.1. The molecule has 0 spiro atoms. The van der Waals surface area contributed by atoms with Crippen LogP contribution in [0.4, 0.5) is 4.79 Å². The maximum Gasteiger partial charge on any atom is 0.417 e. The number of carbonyl (C=O) groups is 2. The number of allylic oxidation sites excluding steroid dienone is 1. The van der Waals surface area contributed by atoms with Crippen molar-refractivity contribution < 1.29 is 14.3 Å². The molecule has 0 aromatic heterocycles. The zero-order chi connectivity index (χ0) is 21.9. The lowest BCUT2D eigenvalue weighted by Crippen LogP contribution is -2.43. The van der Waals surface area contributed by atoms with Gasteiger partial charge in [-0.25, -0.2) is 9.69 Å². The van der Waals surface area contributed by atoms with Gasteiger partial charge in [-0.3, -0.25) is 4.79 Å². The Morgan fingerprint density at radius 1 is 1.18 bits per heavy atom. The highest BCUT2D eigenvalue weighted by Crippen LogP contribution is 2.44. The molecule has 2 amide bonds. The average Bonchev–Trinajstić information content (AvgIpc) is 2.84. The van der Waals surface area contributed by atoms with Crippen molar-refractivity contribution in [2.45, 2.75) is 103 Å². The van der Waals surface area contributed by atoms with Crippen LogP contribution < -0.4 is 0 Å². The second-order valence-electron chi connectivity index (χ2n) is 10.0. The third kappa shape index (κ3) is 5.37. The summed E-state index contributed by atoms with van der Waals surface area (Å²) in [6.07, 6.45) is 5.92. The maximum atomic E-state index is 12.9. The normalized spacial score (nSPS) is 21.4. The quantitative estimate of drug-likeness (QED) is 0.354. The lowest BCUT2D eigenvalue weighted by Gasteiger charge is -2.42. The lowest BCUT2D eigenvalue weighted by atomic mass is 10.0. The van der Waals surface area contributed by atoms with Crippen LogP contribution in [0.15, 0.2) is 24.8 Å². The molecule has 0 aromatic carbocycles. The third-order valence-corrected chi connectivity index (χ3v) is 13.7. The lowest BCUT2D eigenvalue weighted by molar-refractivity contribution is -0.129. The average molecular weight is 408 g/mol. The van der Waals surface area contributed by atoms with Crippen LogP contribution in [-0.4, -0.2) is 36.6 Å². The van der Waals surface area contributed by atoms with Crippen molar-refractivity contribution in [3.05, 3.63) is 24.8 Å². The van der Waals surface area contributed by atoms with E-state index in [-0.39, 0.29) is 17.9 Å². The molecule has 0 unspecified atom stereocenters. The van der Waals surface area contributed by atoms with E-state index in [1.807, 2.05) is 6.08 Å². The Balaban J connectivity index is 2.99. The number of nitrogens with zero attached hydrogens (tertiary/aromatic N) is 1. The summed E-state index contributed by atoms with van der Waals surface area (Å²) in [5.74, 6) is -0.463. The van der Waals surface area contributed by atoms with Crippen LogP contribution in [-0.2, 0) is 9.53 Å². The number of likely N-dealkylation sites (tertiary alicyclic amines) is 1. The number of hydrogen-bond donors (Lipinski definition) is 0. The molecule has 0 bridgehead atoms. The van der Waals surface area contributed by atoms with E-state index < -0.39 is 19.8 Å². The molecule has 0 aliphatic carbocycles. The summed E-state index contributed by atoms with van der Waals surface area (Å²) < 4.78 is 5.43. The number of rotatable bonds is 7. The van der Waals surface area contributed by atoms with Crippen molar-refractivity contribution in [1.82, 2.24) is 4.90 Å². The molecule has 160 valence electrons. The topological polar surface area (TPSA) is 46.6 Å². The molecular weight excluding hydrogens is 366 g/mol. The maximum absolute atomic E-state index is 12.9. The highest BCUT2D eigenvalue weighted by atomic mass is 28.3. The summed E-state index contributed by atoms with van der Waals surface area (Å²) in [6.45, 7) is 23.3. The van der Waals surface area contributed by atoms with Crippen molar-refractivity contribution >= 4 is 20.1 Å². The minimum Gasteiger partial charge on any atom is -0.443 e. The van der Waals surface area contributed by atoms with Crippen LogP contribution in [0.25, 0.3) is 0 Å². The first-order valence-electron chi connectivity index (χ1n) is 10.6. The summed E-state index contributed by atoms with van der Waals surface area (Å²) in [5, 5.41) is 0. The predicted octanol–water partition coefficient (Wildman–Crippen LogP) is 6.56. The summed E-state index contributed by atoms with van der Waals surface area (Å²) in [6, 6.07) is 0.758. The van der Waals surface area contributed by atoms with E-state index in [0.29, 0.717) is 23.0 Å². The predicted molar refractivity (Wildman–Crippen MR) is 120 cm³/mol. The first-order chi connectivity index (χ1) is 12.8. The van der Waals surface area contributed by atoms with E-state index in [4.69, 9.17) is 4.74 Å². The minimum absolute atomic E-state index is 0.179. The molecule has 0 radical (unpaired) electrons. The number of amides is 2. The molecule has 0 N–H and O–H groups in total. The molecule has 1 heterocycles. The van der Waals surface area contributed by atoms with Crippen molar-refractivity contribution in [2.75, 3.05) is 0 Å².